The SMILES string of the molecule is Cc1nc(C(=O)N2[C@H](CNC(=O)c3cc4cc(F)ccc4n3C)C[C@@H]3C[C@@H]32)c(-c2cccc(Cl)c2)s1. The van der Waals surface area contributed by atoms with Crippen molar-refractivity contribution in [3.05, 3.63) is 75.8 Å². The summed E-state index contributed by atoms with van der Waals surface area (Å²) in [5, 5.41) is 5.11. The van der Waals surface area contributed by atoms with Gasteiger partial charge in [0.1, 0.15) is 17.2 Å². The molecule has 1 aliphatic carbocycles. The van der Waals surface area contributed by atoms with Crippen molar-refractivity contribution in [2.45, 2.75) is 31.8 Å². The second-order valence-corrected chi connectivity index (χ2v) is 11.2. The molecule has 1 aliphatic heterocycles. The molecule has 36 heavy (non-hydrogen) atoms. The Morgan fingerprint density at radius 2 is 2.03 bits per heavy atom. The number of benzene rings is 2. The van der Waals surface area contributed by atoms with Crippen molar-refractivity contribution in [3.8, 4) is 10.4 Å². The quantitative estimate of drug-likeness (QED) is 0.380. The largest absolute Gasteiger partial charge is 0.349 e. The van der Waals surface area contributed by atoms with Gasteiger partial charge in [-0.1, -0.05) is 23.7 Å². The second kappa shape index (κ2) is 8.71. The van der Waals surface area contributed by atoms with Crippen molar-refractivity contribution in [2.24, 2.45) is 13.0 Å². The molecular weight excluding hydrogens is 499 g/mol. The minimum Gasteiger partial charge on any atom is -0.349 e. The van der Waals surface area contributed by atoms with Gasteiger partial charge in [0.05, 0.1) is 15.9 Å². The van der Waals surface area contributed by atoms with Crippen LogP contribution in [0.4, 0.5) is 4.39 Å². The summed E-state index contributed by atoms with van der Waals surface area (Å²) >= 11 is 7.69. The number of thiazole rings is 1. The van der Waals surface area contributed by atoms with Crippen molar-refractivity contribution in [1.29, 1.82) is 0 Å². The molecule has 3 atom stereocenters. The molecule has 0 unspecified atom stereocenters. The number of fused-ring (bicyclic) bond motifs is 2. The summed E-state index contributed by atoms with van der Waals surface area (Å²) in [6, 6.07) is 13.7. The third-order valence-corrected chi connectivity index (χ3v) is 8.46. The van der Waals surface area contributed by atoms with Crippen LogP contribution >= 0.6 is 22.9 Å². The first-order valence-corrected chi connectivity index (χ1v) is 13.1. The Balaban J connectivity index is 1.22. The standard InChI is InChI=1S/C27H24ClFN4O2S/c1-14-31-24(25(36-14)15-4-3-5-18(28)8-15)27(35)33-20(10-17-11-22(17)33)13-30-26(34)23-12-16-9-19(29)6-7-21(16)32(23)2/h3-9,12,17,20,22H,10-11,13H2,1-2H3,(H,30,34)/t17-,20+,22+/m1/s1. The van der Waals surface area contributed by atoms with Gasteiger partial charge in [-0.25, -0.2) is 9.37 Å². The lowest BCUT2D eigenvalue weighted by molar-refractivity contribution is 0.0684. The van der Waals surface area contributed by atoms with Crippen LogP contribution in [-0.2, 0) is 7.05 Å². The third-order valence-electron chi connectivity index (χ3n) is 7.20. The molecular formula is C27H24ClFN4O2S. The van der Waals surface area contributed by atoms with Gasteiger partial charge in [0.25, 0.3) is 11.8 Å². The summed E-state index contributed by atoms with van der Waals surface area (Å²) < 4.78 is 15.4. The highest BCUT2D eigenvalue weighted by Gasteiger charge is 2.54. The van der Waals surface area contributed by atoms with Gasteiger partial charge in [-0.15, -0.1) is 11.3 Å². The van der Waals surface area contributed by atoms with Crippen LogP contribution in [0, 0.1) is 18.7 Å². The van der Waals surface area contributed by atoms with Crippen LogP contribution in [0.1, 0.15) is 38.8 Å². The number of nitrogens with one attached hydrogen (secondary N) is 1. The van der Waals surface area contributed by atoms with E-state index in [2.05, 4.69) is 10.3 Å². The van der Waals surface area contributed by atoms with Gasteiger partial charge in [-0.05, 0) is 67.6 Å². The highest BCUT2D eigenvalue weighted by Crippen LogP contribution is 2.49. The van der Waals surface area contributed by atoms with Gasteiger partial charge in [0.2, 0.25) is 0 Å². The van der Waals surface area contributed by atoms with Crippen LogP contribution in [0.3, 0.4) is 0 Å². The summed E-state index contributed by atoms with van der Waals surface area (Å²) in [5.41, 5.74) is 2.56. The van der Waals surface area contributed by atoms with Crippen LogP contribution < -0.4 is 5.32 Å². The zero-order valence-corrected chi connectivity index (χ0v) is 21.4. The Morgan fingerprint density at radius 1 is 1.19 bits per heavy atom. The van der Waals surface area contributed by atoms with E-state index in [9.17, 15) is 14.0 Å². The van der Waals surface area contributed by atoms with Crippen LogP contribution in [0.5, 0.6) is 0 Å². The molecule has 184 valence electrons. The van der Waals surface area contributed by atoms with Gasteiger partial charge in [-0.3, -0.25) is 9.59 Å². The van der Waals surface area contributed by atoms with Crippen molar-refractivity contribution in [1.82, 2.24) is 19.8 Å². The van der Waals surface area contributed by atoms with Crippen molar-refractivity contribution < 1.29 is 14.0 Å². The molecule has 0 spiro atoms. The molecule has 2 aromatic heterocycles. The number of hydrogen-bond donors (Lipinski definition) is 1. The Morgan fingerprint density at radius 3 is 2.83 bits per heavy atom. The highest BCUT2D eigenvalue weighted by atomic mass is 35.5. The molecule has 2 amide bonds. The van der Waals surface area contributed by atoms with Crippen LogP contribution in [0.15, 0.2) is 48.5 Å². The molecule has 3 heterocycles. The average molecular weight is 523 g/mol. The van der Waals surface area contributed by atoms with Crippen molar-refractivity contribution in [3.63, 3.8) is 0 Å². The minimum atomic E-state index is -0.339. The second-order valence-electron chi connectivity index (χ2n) is 9.59. The molecule has 1 saturated carbocycles. The van der Waals surface area contributed by atoms with Crippen LogP contribution in [0.25, 0.3) is 21.3 Å². The summed E-state index contributed by atoms with van der Waals surface area (Å²) in [7, 11) is 1.79. The number of piperidine rings is 1. The fraction of sp³-hybridized carbons (Fsp3) is 0.296. The molecule has 9 heteroatoms. The lowest BCUT2D eigenvalue weighted by atomic mass is 10.1. The Bertz CT molecular complexity index is 1530. The molecule has 1 saturated heterocycles. The van der Waals surface area contributed by atoms with E-state index in [1.807, 2.05) is 30.0 Å². The number of halogens is 2. The molecule has 2 aliphatic rings. The number of aryl methyl sites for hydroxylation is 2. The van der Waals surface area contributed by atoms with E-state index in [1.165, 1.54) is 23.5 Å². The summed E-state index contributed by atoms with van der Waals surface area (Å²) in [6.45, 7) is 2.25. The number of carbonyl (C=O) groups excluding carboxylic acids is 2. The normalized spacial score (nSPS) is 20.6. The number of hydrogen-bond acceptors (Lipinski definition) is 4. The molecule has 2 fully saturated rings. The van der Waals surface area contributed by atoms with Crippen molar-refractivity contribution >= 4 is 45.7 Å². The predicted octanol–water partition coefficient (Wildman–Crippen LogP) is 5.44. The number of aromatic nitrogens is 2. The van der Waals surface area contributed by atoms with E-state index in [-0.39, 0.29) is 29.7 Å². The Kier molecular flexibility index (Phi) is 5.61. The van der Waals surface area contributed by atoms with Gasteiger partial charge in [0.15, 0.2) is 0 Å². The maximum atomic E-state index is 13.8. The first kappa shape index (κ1) is 23.2. The maximum absolute atomic E-state index is 13.8. The maximum Gasteiger partial charge on any atom is 0.274 e. The lowest BCUT2D eigenvalue weighted by Crippen LogP contribution is -2.45. The van der Waals surface area contributed by atoms with E-state index < -0.39 is 0 Å². The molecule has 4 aromatic rings. The van der Waals surface area contributed by atoms with Gasteiger partial charge in [-0.2, -0.15) is 0 Å². The Labute approximate surface area is 216 Å². The lowest BCUT2D eigenvalue weighted by Gasteiger charge is -2.27. The van der Waals surface area contributed by atoms with Crippen molar-refractivity contribution in [2.75, 3.05) is 6.54 Å². The summed E-state index contributed by atoms with van der Waals surface area (Å²) in [5.74, 6) is -0.218. The first-order valence-electron chi connectivity index (χ1n) is 11.9. The van der Waals surface area contributed by atoms with Gasteiger partial charge < -0.3 is 14.8 Å². The fourth-order valence-corrected chi connectivity index (χ4v) is 6.51. The van der Waals surface area contributed by atoms with E-state index in [4.69, 9.17) is 11.6 Å². The molecule has 0 radical (unpaired) electrons. The number of rotatable bonds is 5. The molecule has 2 aromatic carbocycles. The topological polar surface area (TPSA) is 67.2 Å². The third kappa shape index (κ3) is 3.98. The molecule has 0 bridgehead atoms. The zero-order valence-electron chi connectivity index (χ0n) is 19.8. The smallest absolute Gasteiger partial charge is 0.274 e. The number of carbonyl (C=O) groups is 2. The molecule has 6 nitrogen and oxygen atoms in total. The monoisotopic (exact) mass is 522 g/mol. The predicted molar refractivity (Wildman–Crippen MR) is 139 cm³/mol. The first-order chi connectivity index (χ1) is 17.3. The van der Waals surface area contributed by atoms with Crippen LogP contribution in [-0.4, -0.2) is 44.9 Å². The van der Waals surface area contributed by atoms with E-state index >= 15 is 0 Å². The number of nitrogens with zero attached hydrogens (tertiary/aromatic N) is 3. The van der Waals surface area contributed by atoms with E-state index in [0.717, 1.165) is 33.8 Å². The van der Waals surface area contributed by atoms with Gasteiger partial charge >= 0.3 is 0 Å². The van der Waals surface area contributed by atoms with E-state index in [1.54, 1.807) is 29.8 Å². The minimum absolute atomic E-state index is 0.0985. The average Bonchev–Trinajstić information content (AvgIpc) is 3.18. The zero-order chi connectivity index (χ0) is 25.1. The van der Waals surface area contributed by atoms with Gasteiger partial charge in [0, 0.05) is 35.6 Å². The molecule has 6 rings (SSSR count). The number of amides is 2. The summed E-state index contributed by atoms with van der Waals surface area (Å²) in [6.07, 6.45) is 1.84. The fourth-order valence-electron chi connectivity index (χ4n) is 5.42. The summed E-state index contributed by atoms with van der Waals surface area (Å²) in [4.78, 5) is 34.2. The van der Waals surface area contributed by atoms with E-state index in [0.29, 0.717) is 34.3 Å². The highest BCUT2D eigenvalue weighted by molar-refractivity contribution is 7.15. The van der Waals surface area contributed by atoms with Crippen LogP contribution in [0.2, 0.25) is 5.02 Å². The number of likely N-dealkylation sites (tertiary alicyclic amines) is 1. The molecule has 1 N–H and O–H groups in total. The Hall–Kier alpha value is -3.23.